The summed E-state index contributed by atoms with van der Waals surface area (Å²) >= 11 is 0. The van der Waals surface area contributed by atoms with Crippen molar-refractivity contribution in [2.75, 3.05) is 42.7 Å². The van der Waals surface area contributed by atoms with Crippen LogP contribution in [0.5, 0.6) is 0 Å². The van der Waals surface area contributed by atoms with Gasteiger partial charge >= 0.3 is 0 Å². The van der Waals surface area contributed by atoms with Gasteiger partial charge < -0.3 is 15.5 Å². The normalized spacial score (nSPS) is 10.3. The van der Waals surface area contributed by atoms with Gasteiger partial charge in [0.2, 0.25) is 17.8 Å². The molecule has 2 N–H and O–H groups in total. The van der Waals surface area contributed by atoms with Gasteiger partial charge in [0.15, 0.2) is 0 Å². The number of unbranched alkanes of at least 4 members (excludes halogenated alkanes) is 2. The van der Waals surface area contributed by atoms with E-state index in [2.05, 4.69) is 39.4 Å². The van der Waals surface area contributed by atoms with Gasteiger partial charge in [0.1, 0.15) is 0 Å². The monoisotopic (exact) mass is 266 g/mol. The third-order valence-corrected chi connectivity index (χ3v) is 2.62. The quantitative estimate of drug-likeness (QED) is 0.669. The van der Waals surface area contributed by atoms with Gasteiger partial charge in [-0.25, -0.2) is 0 Å². The van der Waals surface area contributed by atoms with Crippen LogP contribution in [0, 0.1) is 0 Å². The number of hydrogen-bond donors (Lipinski definition) is 2. The molecule has 6 nitrogen and oxygen atoms in total. The maximum absolute atomic E-state index is 4.39. The van der Waals surface area contributed by atoms with Crippen LogP contribution in [0.4, 0.5) is 17.8 Å². The molecule has 6 heteroatoms. The van der Waals surface area contributed by atoms with E-state index in [0.29, 0.717) is 17.8 Å². The zero-order valence-corrected chi connectivity index (χ0v) is 12.5. The van der Waals surface area contributed by atoms with Crippen molar-refractivity contribution in [1.82, 2.24) is 15.0 Å². The second-order valence-electron chi connectivity index (χ2n) is 4.74. The van der Waals surface area contributed by atoms with E-state index in [1.54, 1.807) is 0 Å². The molecule has 0 amide bonds. The molecule has 108 valence electrons. The summed E-state index contributed by atoms with van der Waals surface area (Å²) in [4.78, 5) is 15.0. The van der Waals surface area contributed by atoms with E-state index in [1.807, 2.05) is 19.0 Å². The Labute approximate surface area is 116 Å². The molecule has 0 spiro atoms. The Morgan fingerprint density at radius 3 is 2.00 bits per heavy atom. The summed E-state index contributed by atoms with van der Waals surface area (Å²) < 4.78 is 0. The fourth-order valence-electron chi connectivity index (χ4n) is 1.53. The van der Waals surface area contributed by atoms with E-state index in [-0.39, 0.29) is 0 Å². The van der Waals surface area contributed by atoms with Gasteiger partial charge in [-0.05, 0) is 12.8 Å². The van der Waals surface area contributed by atoms with Gasteiger partial charge in [0.25, 0.3) is 0 Å². The zero-order chi connectivity index (χ0) is 14.1. The van der Waals surface area contributed by atoms with Crippen molar-refractivity contribution in [3.8, 4) is 0 Å². The third kappa shape index (κ3) is 5.72. The highest BCUT2D eigenvalue weighted by Crippen LogP contribution is 2.11. The molecular weight excluding hydrogens is 240 g/mol. The Morgan fingerprint density at radius 1 is 0.842 bits per heavy atom. The Balaban J connectivity index is 2.69. The first-order chi connectivity index (χ1) is 9.17. The number of nitrogens with zero attached hydrogens (tertiary/aromatic N) is 4. The predicted molar refractivity (Wildman–Crippen MR) is 80.9 cm³/mol. The zero-order valence-electron chi connectivity index (χ0n) is 12.5. The molecule has 1 rings (SSSR count). The molecule has 0 fully saturated rings. The molecule has 1 aromatic heterocycles. The largest absolute Gasteiger partial charge is 0.354 e. The Hall–Kier alpha value is -1.59. The van der Waals surface area contributed by atoms with Crippen molar-refractivity contribution in [1.29, 1.82) is 0 Å². The van der Waals surface area contributed by atoms with E-state index in [0.717, 1.165) is 25.9 Å². The second kappa shape index (κ2) is 8.50. The molecule has 1 heterocycles. The van der Waals surface area contributed by atoms with Crippen molar-refractivity contribution in [2.24, 2.45) is 0 Å². The molecule has 0 aliphatic heterocycles. The summed E-state index contributed by atoms with van der Waals surface area (Å²) in [6.07, 6.45) is 4.62. The summed E-state index contributed by atoms with van der Waals surface area (Å²) in [5.41, 5.74) is 0. The number of rotatable bonds is 9. The highest BCUT2D eigenvalue weighted by atomic mass is 15.3. The lowest BCUT2D eigenvalue weighted by Gasteiger charge is -2.14. The maximum atomic E-state index is 4.39. The van der Waals surface area contributed by atoms with Gasteiger partial charge in [0, 0.05) is 27.2 Å². The third-order valence-electron chi connectivity index (χ3n) is 2.62. The average Bonchev–Trinajstić information content (AvgIpc) is 2.41. The molecule has 1 aromatic rings. The smallest absolute Gasteiger partial charge is 0.231 e. The lowest BCUT2D eigenvalue weighted by Crippen LogP contribution is -2.17. The Morgan fingerprint density at radius 2 is 1.47 bits per heavy atom. The molecule has 0 saturated carbocycles. The van der Waals surface area contributed by atoms with Gasteiger partial charge in [-0.15, -0.1) is 0 Å². The number of nitrogens with one attached hydrogen (secondary N) is 2. The van der Waals surface area contributed by atoms with Crippen molar-refractivity contribution in [3.05, 3.63) is 0 Å². The molecule has 0 saturated heterocycles. The minimum Gasteiger partial charge on any atom is -0.354 e. The van der Waals surface area contributed by atoms with Crippen LogP contribution in [0.1, 0.15) is 39.5 Å². The maximum Gasteiger partial charge on any atom is 0.231 e. The molecule has 0 bridgehead atoms. The van der Waals surface area contributed by atoms with Crippen LogP contribution in [0.25, 0.3) is 0 Å². The van der Waals surface area contributed by atoms with E-state index < -0.39 is 0 Å². The van der Waals surface area contributed by atoms with Crippen molar-refractivity contribution >= 4 is 17.8 Å². The van der Waals surface area contributed by atoms with Crippen LogP contribution in [-0.2, 0) is 0 Å². The molecule has 0 aliphatic carbocycles. The fraction of sp³-hybridized carbons (Fsp3) is 0.769. The first kappa shape index (κ1) is 15.5. The van der Waals surface area contributed by atoms with Crippen LogP contribution < -0.4 is 15.5 Å². The van der Waals surface area contributed by atoms with Gasteiger partial charge in [0.05, 0.1) is 0 Å². The molecule has 0 radical (unpaired) electrons. The second-order valence-corrected chi connectivity index (χ2v) is 4.74. The standard InChI is InChI=1S/C13H26N6/c1-5-7-8-10-15-12-16-11(14-9-6-2)17-13(18-12)19(3)4/h5-10H2,1-4H3,(H2,14,15,16,17,18). The highest BCUT2D eigenvalue weighted by Gasteiger charge is 2.07. The number of hydrogen-bond acceptors (Lipinski definition) is 6. The Kier molecular flexibility index (Phi) is 6.92. The summed E-state index contributed by atoms with van der Waals surface area (Å²) in [5, 5.41) is 6.47. The van der Waals surface area contributed by atoms with Crippen LogP contribution in [0.15, 0.2) is 0 Å². The van der Waals surface area contributed by atoms with Gasteiger partial charge in [-0.1, -0.05) is 26.7 Å². The topological polar surface area (TPSA) is 66.0 Å². The van der Waals surface area contributed by atoms with Crippen LogP contribution in [0.2, 0.25) is 0 Å². The molecule has 0 aromatic carbocycles. The van der Waals surface area contributed by atoms with Gasteiger partial charge in [-0.2, -0.15) is 15.0 Å². The number of aromatic nitrogens is 3. The molecule has 0 atom stereocenters. The number of anilines is 3. The fourth-order valence-corrected chi connectivity index (χ4v) is 1.53. The van der Waals surface area contributed by atoms with Crippen molar-refractivity contribution in [2.45, 2.75) is 39.5 Å². The minimum atomic E-state index is 0.638. The van der Waals surface area contributed by atoms with E-state index in [1.165, 1.54) is 12.8 Å². The highest BCUT2D eigenvalue weighted by molar-refractivity contribution is 5.42. The van der Waals surface area contributed by atoms with E-state index in [4.69, 9.17) is 0 Å². The average molecular weight is 266 g/mol. The van der Waals surface area contributed by atoms with Crippen LogP contribution in [0.3, 0.4) is 0 Å². The summed E-state index contributed by atoms with van der Waals surface area (Å²) in [6.45, 7) is 6.08. The summed E-state index contributed by atoms with van der Waals surface area (Å²) in [5.74, 6) is 1.96. The van der Waals surface area contributed by atoms with Crippen molar-refractivity contribution < 1.29 is 0 Å². The lowest BCUT2D eigenvalue weighted by molar-refractivity contribution is 0.739. The van der Waals surface area contributed by atoms with E-state index in [9.17, 15) is 0 Å². The van der Waals surface area contributed by atoms with Gasteiger partial charge in [-0.3, -0.25) is 0 Å². The molecule has 19 heavy (non-hydrogen) atoms. The van der Waals surface area contributed by atoms with Crippen LogP contribution in [-0.4, -0.2) is 42.1 Å². The summed E-state index contributed by atoms with van der Waals surface area (Å²) in [6, 6.07) is 0. The Bertz CT molecular complexity index is 366. The molecule has 0 unspecified atom stereocenters. The van der Waals surface area contributed by atoms with Crippen LogP contribution >= 0.6 is 0 Å². The predicted octanol–water partition coefficient (Wildman–Crippen LogP) is 2.36. The first-order valence-electron chi connectivity index (χ1n) is 7.08. The van der Waals surface area contributed by atoms with E-state index >= 15 is 0 Å². The lowest BCUT2D eigenvalue weighted by atomic mass is 10.2. The summed E-state index contributed by atoms with van der Waals surface area (Å²) in [7, 11) is 3.86. The SMILES string of the molecule is CCCCCNc1nc(NCCC)nc(N(C)C)n1. The van der Waals surface area contributed by atoms with Crippen molar-refractivity contribution in [3.63, 3.8) is 0 Å². The first-order valence-corrected chi connectivity index (χ1v) is 7.08. The minimum absolute atomic E-state index is 0.638. The molecular formula is C13H26N6. The molecule has 0 aliphatic rings.